The van der Waals surface area contributed by atoms with Crippen molar-refractivity contribution in [2.24, 2.45) is 7.05 Å². The number of amides is 3. The number of carbonyl (C=O) groups excluding carboxylic acids is 2. The molecule has 3 rings (SSSR count). The minimum absolute atomic E-state index is 0.00284. The molecule has 0 unspecified atom stereocenters. The lowest BCUT2D eigenvalue weighted by Gasteiger charge is -2.27. The van der Waals surface area contributed by atoms with Gasteiger partial charge in [0.2, 0.25) is 5.91 Å². The second-order valence-corrected chi connectivity index (χ2v) is 7.25. The summed E-state index contributed by atoms with van der Waals surface area (Å²) in [6.07, 6.45) is 4.52. The van der Waals surface area contributed by atoms with E-state index < -0.39 is 0 Å². The van der Waals surface area contributed by atoms with E-state index in [1.807, 2.05) is 25.6 Å². The lowest BCUT2D eigenvalue weighted by molar-refractivity contribution is -0.124. The lowest BCUT2D eigenvalue weighted by Crippen LogP contribution is -2.50. The number of nitrogens with zero attached hydrogens (tertiary/aromatic N) is 3. The third kappa shape index (κ3) is 3.65. The summed E-state index contributed by atoms with van der Waals surface area (Å²) in [5.41, 5.74) is 3.09. The van der Waals surface area contributed by atoms with E-state index in [0.717, 1.165) is 49.1 Å². The Balaban J connectivity index is 1.69. The fraction of sp³-hybridized carbons (Fsp3) is 0.722. The van der Waals surface area contributed by atoms with E-state index in [4.69, 9.17) is 0 Å². The number of hydrogen-bond acceptors (Lipinski definition) is 3. The maximum atomic E-state index is 12.8. The topological polar surface area (TPSA) is 79.3 Å². The molecule has 25 heavy (non-hydrogen) atoms. The zero-order valence-corrected chi connectivity index (χ0v) is 15.6. The van der Waals surface area contributed by atoms with Crippen LogP contribution in [0.5, 0.6) is 0 Å². The Labute approximate surface area is 149 Å². The van der Waals surface area contributed by atoms with Crippen LogP contribution in [0.1, 0.15) is 62.0 Å². The van der Waals surface area contributed by atoms with Gasteiger partial charge in [0, 0.05) is 30.9 Å². The molecule has 2 aliphatic rings. The van der Waals surface area contributed by atoms with Crippen molar-refractivity contribution in [3.8, 4) is 0 Å². The van der Waals surface area contributed by atoms with Crippen molar-refractivity contribution < 1.29 is 9.59 Å². The molecule has 2 N–H and O–H groups in total. The minimum atomic E-state index is -0.339. The van der Waals surface area contributed by atoms with Crippen LogP contribution in [0.4, 0.5) is 4.79 Å². The van der Waals surface area contributed by atoms with E-state index in [1.165, 1.54) is 0 Å². The fourth-order valence-corrected chi connectivity index (χ4v) is 3.71. The molecule has 7 heteroatoms. The highest BCUT2D eigenvalue weighted by atomic mass is 16.2. The van der Waals surface area contributed by atoms with E-state index in [1.54, 1.807) is 4.90 Å². The van der Waals surface area contributed by atoms with Gasteiger partial charge in [-0.3, -0.25) is 9.48 Å². The maximum absolute atomic E-state index is 12.8. The Morgan fingerprint density at radius 2 is 2.00 bits per heavy atom. The summed E-state index contributed by atoms with van der Waals surface area (Å²) in [5, 5.41) is 10.6. The largest absolute Gasteiger partial charge is 0.352 e. The highest BCUT2D eigenvalue weighted by molar-refractivity contribution is 5.88. The summed E-state index contributed by atoms with van der Waals surface area (Å²) >= 11 is 0. The molecule has 7 nitrogen and oxygen atoms in total. The summed E-state index contributed by atoms with van der Waals surface area (Å²) in [7, 11) is 1.92. The summed E-state index contributed by atoms with van der Waals surface area (Å²) in [5.74, 6) is -0.00284. The Morgan fingerprint density at radius 1 is 1.28 bits per heavy atom. The first kappa shape index (κ1) is 17.8. The Hall–Kier alpha value is -2.05. The molecule has 1 aromatic heterocycles. The van der Waals surface area contributed by atoms with Gasteiger partial charge in [0.15, 0.2) is 0 Å². The van der Waals surface area contributed by atoms with Crippen LogP contribution in [0, 0.1) is 13.8 Å². The molecule has 2 fully saturated rings. The van der Waals surface area contributed by atoms with Crippen LogP contribution in [-0.2, 0) is 11.8 Å². The van der Waals surface area contributed by atoms with Gasteiger partial charge in [0.1, 0.15) is 6.04 Å². The second-order valence-electron chi connectivity index (χ2n) is 7.25. The number of rotatable bonds is 5. The van der Waals surface area contributed by atoms with E-state index in [2.05, 4.69) is 22.7 Å². The third-order valence-electron chi connectivity index (χ3n) is 5.36. The third-order valence-corrected chi connectivity index (χ3v) is 5.36. The summed E-state index contributed by atoms with van der Waals surface area (Å²) in [6.45, 7) is 6.68. The van der Waals surface area contributed by atoms with E-state index in [0.29, 0.717) is 12.6 Å². The number of carbonyl (C=O) groups is 2. The van der Waals surface area contributed by atoms with Crippen LogP contribution in [0.15, 0.2) is 0 Å². The van der Waals surface area contributed by atoms with E-state index in [-0.39, 0.29) is 24.0 Å². The van der Waals surface area contributed by atoms with Crippen LogP contribution < -0.4 is 10.6 Å². The number of aryl methyl sites for hydroxylation is 2. The number of likely N-dealkylation sites (tertiary alicyclic amines) is 1. The first-order valence-corrected chi connectivity index (χ1v) is 9.30. The zero-order valence-electron chi connectivity index (χ0n) is 15.6. The maximum Gasteiger partial charge on any atom is 0.318 e. The summed E-state index contributed by atoms with van der Waals surface area (Å²) < 4.78 is 1.85. The van der Waals surface area contributed by atoms with Crippen molar-refractivity contribution in [2.45, 2.75) is 71.0 Å². The molecule has 0 radical (unpaired) electrons. The van der Waals surface area contributed by atoms with Crippen LogP contribution >= 0.6 is 0 Å². The van der Waals surface area contributed by atoms with Crippen LogP contribution in [0.3, 0.4) is 0 Å². The van der Waals surface area contributed by atoms with Crippen molar-refractivity contribution in [3.05, 3.63) is 17.0 Å². The molecule has 1 aliphatic heterocycles. The zero-order chi connectivity index (χ0) is 18.1. The second kappa shape index (κ2) is 7.06. The average molecular weight is 347 g/mol. The van der Waals surface area contributed by atoms with Gasteiger partial charge in [-0.05, 0) is 46.0 Å². The molecule has 2 atom stereocenters. The van der Waals surface area contributed by atoms with Crippen LogP contribution in [-0.4, -0.2) is 45.2 Å². The first-order chi connectivity index (χ1) is 11.9. The molecule has 0 spiro atoms. The monoisotopic (exact) mass is 347 g/mol. The molecular weight excluding hydrogens is 318 g/mol. The van der Waals surface area contributed by atoms with Crippen LogP contribution in [0.2, 0.25) is 0 Å². The number of aromatic nitrogens is 2. The molecular formula is C18H29N5O2. The van der Waals surface area contributed by atoms with Crippen molar-refractivity contribution in [2.75, 3.05) is 6.54 Å². The predicted octanol–water partition coefficient (Wildman–Crippen LogP) is 1.94. The van der Waals surface area contributed by atoms with Crippen molar-refractivity contribution in [3.63, 3.8) is 0 Å². The Bertz CT molecular complexity index is 665. The average Bonchev–Trinajstić information content (AvgIpc) is 3.17. The number of urea groups is 1. The van der Waals surface area contributed by atoms with Crippen molar-refractivity contribution in [1.82, 2.24) is 25.3 Å². The summed E-state index contributed by atoms with van der Waals surface area (Å²) in [6, 6.07) is -0.256. The minimum Gasteiger partial charge on any atom is -0.352 e. The molecule has 1 aromatic rings. The Kier molecular flexibility index (Phi) is 5.01. The first-order valence-electron chi connectivity index (χ1n) is 9.30. The van der Waals surface area contributed by atoms with Gasteiger partial charge in [-0.1, -0.05) is 6.92 Å². The van der Waals surface area contributed by atoms with Gasteiger partial charge in [-0.15, -0.1) is 0 Å². The molecule has 3 amide bonds. The molecule has 0 aromatic carbocycles. The molecule has 1 saturated carbocycles. The van der Waals surface area contributed by atoms with Gasteiger partial charge in [-0.2, -0.15) is 5.10 Å². The molecule has 138 valence electrons. The van der Waals surface area contributed by atoms with Crippen molar-refractivity contribution >= 4 is 11.9 Å². The standard InChI is InChI=1S/C18H29N5O2/c1-5-14(16-11(2)21-22(4)12(16)3)20-18(25)23-10-6-7-15(23)17(24)19-13-8-9-13/h13-15H,5-10H2,1-4H3,(H,19,24)(H,20,25)/t14-,15-/m0/s1. The SMILES string of the molecule is CC[C@H](NC(=O)N1CCC[C@H]1C(=O)NC1CC1)c1c(C)nn(C)c1C. The van der Waals surface area contributed by atoms with Gasteiger partial charge in [-0.25, -0.2) is 4.79 Å². The van der Waals surface area contributed by atoms with E-state index >= 15 is 0 Å². The highest BCUT2D eigenvalue weighted by Crippen LogP contribution is 2.26. The van der Waals surface area contributed by atoms with Crippen LogP contribution in [0.25, 0.3) is 0 Å². The Morgan fingerprint density at radius 3 is 2.56 bits per heavy atom. The quantitative estimate of drug-likeness (QED) is 0.854. The molecule has 1 saturated heterocycles. The molecule has 1 aliphatic carbocycles. The number of nitrogens with one attached hydrogen (secondary N) is 2. The number of hydrogen-bond donors (Lipinski definition) is 2. The highest BCUT2D eigenvalue weighted by Gasteiger charge is 2.37. The predicted molar refractivity (Wildman–Crippen MR) is 95.1 cm³/mol. The van der Waals surface area contributed by atoms with Gasteiger partial charge >= 0.3 is 6.03 Å². The smallest absolute Gasteiger partial charge is 0.318 e. The van der Waals surface area contributed by atoms with Gasteiger partial charge < -0.3 is 15.5 Å². The normalized spacial score (nSPS) is 21.3. The molecule has 0 bridgehead atoms. The fourth-order valence-electron chi connectivity index (χ4n) is 3.71. The van der Waals surface area contributed by atoms with E-state index in [9.17, 15) is 9.59 Å². The molecule has 2 heterocycles. The lowest BCUT2D eigenvalue weighted by atomic mass is 10.0. The van der Waals surface area contributed by atoms with Crippen molar-refractivity contribution in [1.29, 1.82) is 0 Å². The van der Waals surface area contributed by atoms with Gasteiger partial charge in [0.05, 0.1) is 11.7 Å². The summed E-state index contributed by atoms with van der Waals surface area (Å²) in [4.78, 5) is 26.9. The van der Waals surface area contributed by atoms with Gasteiger partial charge in [0.25, 0.3) is 0 Å².